The number of hydrogen-bond donors (Lipinski definition) is 2. The quantitative estimate of drug-likeness (QED) is 0.640. The third kappa shape index (κ3) is 4.73. The van der Waals surface area contributed by atoms with E-state index in [1.165, 1.54) is 45.2 Å². The molecule has 19 heavy (non-hydrogen) atoms. The molecule has 0 aromatic carbocycles. The fraction of sp³-hybridized carbons (Fsp3) is 1.00. The minimum absolute atomic E-state index is 0.0128. The Morgan fingerprint density at radius 1 is 1.26 bits per heavy atom. The zero-order valence-electron chi connectivity index (χ0n) is 13.2. The Morgan fingerprint density at radius 3 is 2.63 bits per heavy atom. The number of nitrogens with zero attached hydrogens (tertiary/aromatic N) is 1. The monoisotopic (exact) mass is 270 g/mol. The van der Waals surface area contributed by atoms with Gasteiger partial charge in [0.1, 0.15) is 0 Å². The molecule has 0 saturated heterocycles. The van der Waals surface area contributed by atoms with Crippen molar-refractivity contribution in [3.05, 3.63) is 0 Å². The average molecular weight is 270 g/mol. The fourth-order valence-corrected chi connectivity index (χ4v) is 3.56. The Bertz CT molecular complexity index is 235. The lowest BCUT2D eigenvalue weighted by molar-refractivity contribution is 0.113. The molecule has 1 aliphatic rings. The Hall–Kier alpha value is -0.120. The molecule has 0 heterocycles. The van der Waals surface area contributed by atoms with Crippen LogP contribution in [0.3, 0.4) is 0 Å². The summed E-state index contributed by atoms with van der Waals surface area (Å²) in [5, 5.41) is 13.4. The Labute approximate surface area is 119 Å². The van der Waals surface area contributed by atoms with E-state index in [4.69, 9.17) is 0 Å². The largest absolute Gasteiger partial charge is 0.394 e. The van der Waals surface area contributed by atoms with Crippen molar-refractivity contribution in [1.82, 2.24) is 10.2 Å². The molecular weight excluding hydrogens is 236 g/mol. The molecule has 0 bridgehead atoms. The molecule has 3 nitrogen and oxygen atoms in total. The molecule has 0 aliphatic heterocycles. The topological polar surface area (TPSA) is 35.5 Å². The highest BCUT2D eigenvalue weighted by Gasteiger charge is 2.41. The highest BCUT2D eigenvalue weighted by molar-refractivity contribution is 4.98. The first-order valence-electron chi connectivity index (χ1n) is 8.30. The van der Waals surface area contributed by atoms with E-state index in [0.29, 0.717) is 12.5 Å². The molecule has 1 rings (SSSR count). The Morgan fingerprint density at radius 2 is 2.05 bits per heavy atom. The summed E-state index contributed by atoms with van der Waals surface area (Å²) in [4.78, 5) is 2.57. The lowest BCUT2D eigenvalue weighted by atomic mass is 9.85. The SMILES string of the molecule is CCCCN(CC)CCC1CCCC1(CO)NCC. The molecule has 0 amide bonds. The predicted octanol–water partition coefficient (Wildman–Crippen LogP) is 2.64. The van der Waals surface area contributed by atoms with Crippen molar-refractivity contribution >= 4 is 0 Å². The summed E-state index contributed by atoms with van der Waals surface area (Å²) in [6.45, 7) is 11.5. The maximum atomic E-state index is 9.81. The maximum absolute atomic E-state index is 9.81. The highest BCUT2D eigenvalue weighted by Crippen LogP contribution is 2.37. The van der Waals surface area contributed by atoms with Crippen LogP contribution in [0.25, 0.3) is 0 Å². The number of rotatable bonds is 10. The summed E-state index contributed by atoms with van der Waals surface area (Å²) in [6.07, 6.45) is 7.49. The summed E-state index contributed by atoms with van der Waals surface area (Å²) in [5.41, 5.74) is 0.0128. The van der Waals surface area contributed by atoms with Gasteiger partial charge in [0.05, 0.1) is 6.61 Å². The van der Waals surface area contributed by atoms with E-state index in [9.17, 15) is 5.11 Å². The molecule has 1 fully saturated rings. The van der Waals surface area contributed by atoms with Crippen LogP contribution in [0.4, 0.5) is 0 Å². The summed E-state index contributed by atoms with van der Waals surface area (Å²) in [7, 11) is 0. The van der Waals surface area contributed by atoms with Crippen LogP contribution in [0.5, 0.6) is 0 Å². The van der Waals surface area contributed by atoms with Crippen molar-refractivity contribution in [3.63, 3.8) is 0 Å². The van der Waals surface area contributed by atoms with Gasteiger partial charge in [0.15, 0.2) is 0 Å². The molecule has 3 heteroatoms. The molecule has 0 radical (unpaired) electrons. The van der Waals surface area contributed by atoms with E-state index in [1.54, 1.807) is 0 Å². The molecule has 2 atom stereocenters. The molecule has 0 aromatic rings. The van der Waals surface area contributed by atoms with E-state index >= 15 is 0 Å². The second-order valence-corrected chi connectivity index (χ2v) is 6.01. The number of hydrogen-bond acceptors (Lipinski definition) is 3. The van der Waals surface area contributed by atoms with E-state index in [-0.39, 0.29) is 5.54 Å². The van der Waals surface area contributed by atoms with E-state index in [2.05, 4.69) is 31.0 Å². The normalized spacial score (nSPS) is 27.3. The number of nitrogens with one attached hydrogen (secondary N) is 1. The van der Waals surface area contributed by atoms with Crippen LogP contribution in [0.15, 0.2) is 0 Å². The van der Waals surface area contributed by atoms with Crippen molar-refractivity contribution in [3.8, 4) is 0 Å². The van der Waals surface area contributed by atoms with E-state index < -0.39 is 0 Å². The van der Waals surface area contributed by atoms with Gasteiger partial charge in [0, 0.05) is 5.54 Å². The zero-order valence-corrected chi connectivity index (χ0v) is 13.2. The van der Waals surface area contributed by atoms with Crippen LogP contribution in [0.2, 0.25) is 0 Å². The van der Waals surface area contributed by atoms with Gasteiger partial charge < -0.3 is 15.3 Å². The standard InChI is InChI=1S/C16H34N2O/c1-4-7-12-18(6-3)13-10-15-9-8-11-16(15,14-19)17-5-2/h15,17,19H,4-14H2,1-3H3. The van der Waals surface area contributed by atoms with Crippen LogP contribution in [-0.4, -0.2) is 48.3 Å². The van der Waals surface area contributed by atoms with Gasteiger partial charge in [-0.3, -0.25) is 0 Å². The van der Waals surface area contributed by atoms with Crippen molar-refractivity contribution < 1.29 is 5.11 Å². The average Bonchev–Trinajstić information content (AvgIpc) is 2.83. The number of likely N-dealkylation sites (N-methyl/N-ethyl adjacent to an activating group) is 1. The highest BCUT2D eigenvalue weighted by atomic mass is 16.3. The van der Waals surface area contributed by atoms with Gasteiger partial charge in [-0.2, -0.15) is 0 Å². The van der Waals surface area contributed by atoms with Crippen LogP contribution in [0.1, 0.15) is 59.3 Å². The van der Waals surface area contributed by atoms with Crippen LogP contribution in [-0.2, 0) is 0 Å². The summed E-state index contributed by atoms with van der Waals surface area (Å²) < 4.78 is 0. The summed E-state index contributed by atoms with van der Waals surface area (Å²) in [6, 6.07) is 0. The molecule has 1 aliphatic carbocycles. The molecule has 1 saturated carbocycles. The molecular formula is C16H34N2O. The van der Waals surface area contributed by atoms with Gasteiger partial charge in [0.25, 0.3) is 0 Å². The van der Waals surface area contributed by atoms with Crippen LogP contribution in [0, 0.1) is 5.92 Å². The smallest absolute Gasteiger partial charge is 0.0616 e. The van der Waals surface area contributed by atoms with Crippen LogP contribution < -0.4 is 5.32 Å². The summed E-state index contributed by atoms with van der Waals surface area (Å²) in [5.74, 6) is 0.646. The van der Waals surface area contributed by atoms with E-state index in [1.807, 2.05) is 0 Å². The number of aliphatic hydroxyl groups excluding tert-OH is 1. The lowest BCUT2D eigenvalue weighted by Gasteiger charge is -2.36. The first kappa shape index (κ1) is 16.9. The molecule has 2 unspecified atom stereocenters. The summed E-state index contributed by atoms with van der Waals surface area (Å²) >= 11 is 0. The Balaban J connectivity index is 2.45. The fourth-order valence-electron chi connectivity index (χ4n) is 3.56. The van der Waals surface area contributed by atoms with Gasteiger partial charge in [-0.05, 0) is 57.8 Å². The molecule has 2 N–H and O–H groups in total. The lowest BCUT2D eigenvalue weighted by Crippen LogP contribution is -2.52. The maximum Gasteiger partial charge on any atom is 0.0616 e. The van der Waals surface area contributed by atoms with Gasteiger partial charge in [-0.1, -0.05) is 33.6 Å². The van der Waals surface area contributed by atoms with Crippen LogP contribution >= 0.6 is 0 Å². The minimum Gasteiger partial charge on any atom is -0.394 e. The van der Waals surface area contributed by atoms with Crippen molar-refractivity contribution in [2.45, 2.75) is 64.8 Å². The third-order valence-electron chi connectivity index (χ3n) is 4.84. The molecule has 114 valence electrons. The second kappa shape index (κ2) is 8.93. The van der Waals surface area contributed by atoms with Crippen molar-refractivity contribution in [2.24, 2.45) is 5.92 Å². The second-order valence-electron chi connectivity index (χ2n) is 6.01. The van der Waals surface area contributed by atoms with Crippen molar-refractivity contribution in [2.75, 3.05) is 32.8 Å². The molecule has 0 aromatic heterocycles. The first-order chi connectivity index (χ1) is 9.22. The first-order valence-corrected chi connectivity index (χ1v) is 8.30. The predicted molar refractivity (Wildman–Crippen MR) is 82.5 cm³/mol. The molecule has 0 spiro atoms. The zero-order chi connectivity index (χ0) is 14.1. The van der Waals surface area contributed by atoms with Gasteiger partial charge >= 0.3 is 0 Å². The Kier molecular flexibility index (Phi) is 7.96. The minimum atomic E-state index is 0.0128. The van der Waals surface area contributed by atoms with Gasteiger partial charge in [-0.15, -0.1) is 0 Å². The van der Waals surface area contributed by atoms with E-state index in [0.717, 1.165) is 19.5 Å². The third-order valence-corrected chi connectivity index (χ3v) is 4.84. The number of aliphatic hydroxyl groups is 1. The van der Waals surface area contributed by atoms with Gasteiger partial charge in [0.2, 0.25) is 0 Å². The van der Waals surface area contributed by atoms with Gasteiger partial charge in [-0.25, -0.2) is 0 Å². The van der Waals surface area contributed by atoms with Crippen molar-refractivity contribution in [1.29, 1.82) is 0 Å². The number of unbranched alkanes of at least 4 members (excludes halogenated alkanes) is 1.